The van der Waals surface area contributed by atoms with Gasteiger partial charge in [-0.2, -0.15) is 0 Å². The molecule has 1 aliphatic carbocycles. The quantitative estimate of drug-likeness (QED) is 0.619. The van der Waals surface area contributed by atoms with Crippen molar-refractivity contribution in [1.82, 2.24) is 9.47 Å². The van der Waals surface area contributed by atoms with E-state index in [2.05, 4.69) is 84.7 Å². The molecule has 1 aromatic heterocycles. The summed E-state index contributed by atoms with van der Waals surface area (Å²) in [5.74, 6) is 0. The Morgan fingerprint density at radius 2 is 1.72 bits per heavy atom. The van der Waals surface area contributed by atoms with E-state index in [-0.39, 0.29) is 0 Å². The summed E-state index contributed by atoms with van der Waals surface area (Å²) in [6.07, 6.45) is 5.72. The molecule has 0 spiro atoms. The minimum atomic E-state index is 0.333. The van der Waals surface area contributed by atoms with Gasteiger partial charge in [0.15, 0.2) is 0 Å². The summed E-state index contributed by atoms with van der Waals surface area (Å²) < 4.78 is 2.43. The van der Waals surface area contributed by atoms with E-state index in [1.807, 2.05) is 6.08 Å². The minimum Gasteiger partial charge on any atom is -0.336 e. The molecule has 25 heavy (non-hydrogen) atoms. The van der Waals surface area contributed by atoms with Crippen LogP contribution < -0.4 is 0 Å². The SMILES string of the molecule is C=Cc1c(CC2(N(C)C)CC2)c2ccccc2n1Cc1ccccc1. The van der Waals surface area contributed by atoms with Crippen molar-refractivity contribution in [2.24, 2.45) is 0 Å². The molecular formula is C23H26N2. The van der Waals surface area contributed by atoms with Gasteiger partial charge in [-0.05, 0) is 56.6 Å². The van der Waals surface area contributed by atoms with E-state index in [0.29, 0.717) is 5.54 Å². The first-order valence-electron chi connectivity index (χ1n) is 9.08. The standard InChI is InChI=1S/C23H26N2/c1-4-21-20(16-23(14-15-23)24(2)3)19-12-8-9-13-22(19)25(21)17-18-10-6-5-7-11-18/h4-13H,1,14-17H2,2-3H3. The molecule has 1 fully saturated rings. The monoisotopic (exact) mass is 330 g/mol. The van der Waals surface area contributed by atoms with Crippen LogP contribution in [0.4, 0.5) is 0 Å². The zero-order valence-corrected chi connectivity index (χ0v) is 15.2. The highest BCUT2D eigenvalue weighted by atomic mass is 15.2. The fourth-order valence-electron chi connectivity index (χ4n) is 4.01. The number of hydrogen-bond donors (Lipinski definition) is 0. The summed E-state index contributed by atoms with van der Waals surface area (Å²) in [4.78, 5) is 2.41. The first kappa shape index (κ1) is 16.2. The Kier molecular flexibility index (Phi) is 4.01. The number of hydrogen-bond acceptors (Lipinski definition) is 1. The molecule has 3 aromatic rings. The molecule has 2 heteroatoms. The number of benzene rings is 2. The molecule has 1 saturated carbocycles. The molecule has 1 aliphatic rings. The molecule has 0 unspecified atom stereocenters. The van der Waals surface area contributed by atoms with E-state index in [1.54, 1.807) is 0 Å². The Morgan fingerprint density at radius 1 is 1.04 bits per heavy atom. The Balaban J connectivity index is 1.84. The predicted octanol–water partition coefficient (Wildman–Crippen LogP) is 4.97. The predicted molar refractivity (Wildman–Crippen MR) is 107 cm³/mol. The highest BCUT2D eigenvalue weighted by Gasteiger charge is 2.45. The lowest BCUT2D eigenvalue weighted by Crippen LogP contribution is -2.32. The van der Waals surface area contributed by atoms with Crippen LogP contribution in [0.25, 0.3) is 17.0 Å². The van der Waals surface area contributed by atoms with Crippen LogP contribution in [0.2, 0.25) is 0 Å². The van der Waals surface area contributed by atoms with Gasteiger partial charge in [-0.25, -0.2) is 0 Å². The molecule has 0 radical (unpaired) electrons. The van der Waals surface area contributed by atoms with Crippen molar-refractivity contribution in [1.29, 1.82) is 0 Å². The van der Waals surface area contributed by atoms with Crippen LogP contribution in [0.3, 0.4) is 0 Å². The van der Waals surface area contributed by atoms with E-state index < -0.39 is 0 Å². The average Bonchev–Trinajstić information content (AvgIpc) is 3.37. The van der Waals surface area contributed by atoms with Crippen molar-refractivity contribution in [2.75, 3.05) is 14.1 Å². The van der Waals surface area contributed by atoms with Crippen molar-refractivity contribution < 1.29 is 0 Å². The van der Waals surface area contributed by atoms with E-state index in [1.165, 1.54) is 40.6 Å². The fourth-order valence-corrected chi connectivity index (χ4v) is 4.01. The van der Waals surface area contributed by atoms with Gasteiger partial charge in [0.05, 0.1) is 0 Å². The van der Waals surface area contributed by atoms with E-state index >= 15 is 0 Å². The van der Waals surface area contributed by atoms with Crippen LogP contribution >= 0.6 is 0 Å². The number of likely N-dealkylation sites (N-methyl/N-ethyl adjacent to an activating group) is 1. The third kappa shape index (κ3) is 2.81. The third-order valence-corrected chi connectivity index (χ3v) is 5.78. The highest BCUT2D eigenvalue weighted by molar-refractivity contribution is 5.88. The summed E-state index contributed by atoms with van der Waals surface area (Å²) in [5, 5.41) is 1.38. The van der Waals surface area contributed by atoms with Crippen LogP contribution in [0.1, 0.15) is 29.7 Å². The molecular weight excluding hydrogens is 304 g/mol. The van der Waals surface area contributed by atoms with Crippen molar-refractivity contribution in [3.8, 4) is 0 Å². The van der Waals surface area contributed by atoms with E-state index in [4.69, 9.17) is 0 Å². The van der Waals surface area contributed by atoms with E-state index in [9.17, 15) is 0 Å². The van der Waals surface area contributed by atoms with Gasteiger partial charge in [0.2, 0.25) is 0 Å². The lowest BCUT2D eigenvalue weighted by molar-refractivity contribution is 0.270. The van der Waals surface area contributed by atoms with Crippen LogP contribution in [-0.2, 0) is 13.0 Å². The molecule has 4 rings (SSSR count). The number of aromatic nitrogens is 1. The van der Waals surface area contributed by atoms with Gasteiger partial charge in [0.1, 0.15) is 0 Å². The van der Waals surface area contributed by atoms with Crippen molar-refractivity contribution in [2.45, 2.75) is 31.3 Å². The molecule has 0 atom stereocenters. The van der Waals surface area contributed by atoms with Gasteiger partial charge in [0.25, 0.3) is 0 Å². The van der Waals surface area contributed by atoms with Gasteiger partial charge in [-0.3, -0.25) is 0 Å². The first-order chi connectivity index (χ1) is 12.1. The Labute approximate surface area is 150 Å². The fraction of sp³-hybridized carbons (Fsp3) is 0.304. The topological polar surface area (TPSA) is 8.17 Å². The normalized spacial score (nSPS) is 15.6. The molecule has 0 N–H and O–H groups in total. The Bertz CT molecular complexity index is 898. The van der Waals surface area contributed by atoms with Crippen LogP contribution in [0.15, 0.2) is 61.2 Å². The minimum absolute atomic E-state index is 0.333. The van der Waals surface area contributed by atoms with Crippen LogP contribution in [0.5, 0.6) is 0 Å². The number of para-hydroxylation sites is 1. The van der Waals surface area contributed by atoms with Crippen molar-refractivity contribution in [3.05, 3.63) is 78.0 Å². The molecule has 2 aromatic carbocycles. The zero-order chi connectivity index (χ0) is 17.4. The van der Waals surface area contributed by atoms with Gasteiger partial charge in [0, 0.05) is 28.7 Å². The summed E-state index contributed by atoms with van der Waals surface area (Å²) >= 11 is 0. The summed E-state index contributed by atoms with van der Waals surface area (Å²) in [5.41, 5.74) is 5.70. The Hall–Kier alpha value is -2.32. The van der Waals surface area contributed by atoms with Crippen molar-refractivity contribution >= 4 is 17.0 Å². The third-order valence-electron chi connectivity index (χ3n) is 5.78. The summed E-state index contributed by atoms with van der Waals surface area (Å²) in [6.45, 7) is 5.04. The summed E-state index contributed by atoms with van der Waals surface area (Å²) in [6, 6.07) is 19.5. The van der Waals surface area contributed by atoms with Gasteiger partial charge >= 0.3 is 0 Å². The van der Waals surface area contributed by atoms with E-state index in [0.717, 1.165) is 13.0 Å². The zero-order valence-electron chi connectivity index (χ0n) is 15.2. The Morgan fingerprint density at radius 3 is 2.36 bits per heavy atom. The molecule has 0 aliphatic heterocycles. The number of nitrogens with zero attached hydrogens (tertiary/aromatic N) is 2. The lowest BCUT2D eigenvalue weighted by atomic mass is 10.00. The smallest absolute Gasteiger partial charge is 0.0491 e. The van der Waals surface area contributed by atoms with Gasteiger partial charge in [-0.1, -0.05) is 55.1 Å². The molecule has 0 amide bonds. The van der Waals surface area contributed by atoms with Gasteiger partial charge < -0.3 is 9.47 Å². The second-order valence-electron chi connectivity index (χ2n) is 7.45. The second kappa shape index (κ2) is 6.20. The maximum Gasteiger partial charge on any atom is 0.0491 e. The van der Waals surface area contributed by atoms with Crippen LogP contribution in [0, 0.1) is 0 Å². The maximum atomic E-state index is 4.15. The first-order valence-corrected chi connectivity index (χ1v) is 9.08. The summed E-state index contributed by atoms with van der Waals surface area (Å²) in [7, 11) is 4.42. The molecule has 128 valence electrons. The molecule has 2 nitrogen and oxygen atoms in total. The second-order valence-corrected chi connectivity index (χ2v) is 7.45. The lowest BCUT2D eigenvalue weighted by Gasteiger charge is -2.24. The van der Waals surface area contributed by atoms with Crippen LogP contribution in [-0.4, -0.2) is 29.1 Å². The molecule has 1 heterocycles. The highest BCUT2D eigenvalue weighted by Crippen LogP contribution is 2.45. The molecule has 0 saturated heterocycles. The molecule has 0 bridgehead atoms. The van der Waals surface area contributed by atoms with Crippen molar-refractivity contribution in [3.63, 3.8) is 0 Å². The number of rotatable bonds is 6. The van der Waals surface area contributed by atoms with Gasteiger partial charge in [-0.15, -0.1) is 0 Å². The largest absolute Gasteiger partial charge is 0.336 e. The average molecular weight is 330 g/mol. The number of fused-ring (bicyclic) bond motifs is 1. The maximum absolute atomic E-state index is 4.15.